The van der Waals surface area contributed by atoms with Crippen LogP contribution in [0.2, 0.25) is 0 Å². The number of carbonyl (C=O) groups is 1. The van der Waals surface area contributed by atoms with E-state index in [0.717, 1.165) is 56.1 Å². The average molecular weight is 470 g/mol. The van der Waals surface area contributed by atoms with E-state index in [1.807, 2.05) is 23.1 Å². The van der Waals surface area contributed by atoms with Crippen molar-refractivity contribution < 1.29 is 4.79 Å². The lowest BCUT2D eigenvalue weighted by Crippen LogP contribution is -2.36. The molecule has 0 radical (unpaired) electrons. The highest BCUT2D eigenvalue weighted by Crippen LogP contribution is 2.31. The zero-order chi connectivity index (χ0) is 22.9. The highest BCUT2D eigenvalue weighted by atomic mass is 32.1. The van der Waals surface area contributed by atoms with Gasteiger partial charge in [-0.05, 0) is 59.9 Å². The SMILES string of the molecule is O=C1CCCN(c2ccc3c(c2)CN(c2ncc(Cc4ccc(-n5cccn5)cc4)s2)CC3)C1. The Morgan fingerprint density at radius 2 is 1.79 bits per heavy atom. The second-order valence-electron chi connectivity index (χ2n) is 9.09. The Bertz CT molecular complexity index is 1300. The fraction of sp³-hybridized carbons (Fsp3) is 0.296. The van der Waals surface area contributed by atoms with Gasteiger partial charge in [-0.1, -0.05) is 18.2 Å². The lowest BCUT2D eigenvalue weighted by atomic mass is 9.98. The van der Waals surface area contributed by atoms with E-state index >= 15 is 0 Å². The van der Waals surface area contributed by atoms with Gasteiger partial charge in [0.2, 0.25) is 0 Å². The van der Waals surface area contributed by atoms with Crippen molar-refractivity contribution in [3.63, 3.8) is 0 Å². The molecule has 6 rings (SSSR count). The lowest BCUT2D eigenvalue weighted by Gasteiger charge is -2.32. The van der Waals surface area contributed by atoms with Gasteiger partial charge < -0.3 is 9.80 Å². The number of hydrogen-bond acceptors (Lipinski definition) is 6. The summed E-state index contributed by atoms with van der Waals surface area (Å²) in [6, 6.07) is 17.2. The predicted octanol–water partition coefficient (Wildman–Crippen LogP) is 4.65. The molecule has 2 aliphatic heterocycles. The number of hydrogen-bond donors (Lipinski definition) is 0. The van der Waals surface area contributed by atoms with E-state index in [2.05, 4.69) is 57.4 Å². The maximum atomic E-state index is 11.9. The second kappa shape index (κ2) is 9.06. The van der Waals surface area contributed by atoms with E-state index in [1.165, 1.54) is 27.3 Å². The van der Waals surface area contributed by atoms with E-state index in [9.17, 15) is 4.79 Å². The zero-order valence-corrected chi connectivity index (χ0v) is 19.9. The third kappa shape index (κ3) is 4.35. The summed E-state index contributed by atoms with van der Waals surface area (Å²) in [5.74, 6) is 0.344. The summed E-state index contributed by atoms with van der Waals surface area (Å²) >= 11 is 1.79. The van der Waals surface area contributed by atoms with Crippen LogP contribution in [0.15, 0.2) is 67.1 Å². The first kappa shape index (κ1) is 21.1. The molecule has 7 heteroatoms. The number of fused-ring (bicyclic) bond motifs is 1. The van der Waals surface area contributed by atoms with Crippen molar-refractivity contribution >= 4 is 27.9 Å². The molecule has 0 bridgehead atoms. The normalized spacial score (nSPS) is 16.1. The van der Waals surface area contributed by atoms with E-state index in [-0.39, 0.29) is 0 Å². The predicted molar refractivity (Wildman–Crippen MR) is 136 cm³/mol. The van der Waals surface area contributed by atoms with Gasteiger partial charge >= 0.3 is 0 Å². The Balaban J connectivity index is 1.14. The van der Waals surface area contributed by atoms with Gasteiger partial charge in [0.25, 0.3) is 0 Å². The van der Waals surface area contributed by atoms with Crippen LogP contribution in [-0.2, 0) is 24.2 Å². The van der Waals surface area contributed by atoms with E-state index in [0.29, 0.717) is 12.3 Å². The Labute approximate surface area is 203 Å². The number of aromatic nitrogens is 3. The topological polar surface area (TPSA) is 54.3 Å². The monoisotopic (exact) mass is 469 g/mol. The standard InChI is InChI=1S/C27H27N5OS/c33-25-3-1-12-30(19-25)24-9-6-21-10-14-31(18-22(21)16-24)27-28-17-26(34-27)15-20-4-7-23(8-5-20)32-13-2-11-29-32/h2,4-9,11,13,16-17H,1,3,10,12,14-15,18-19H2. The fourth-order valence-corrected chi connectivity index (χ4v) is 5.85. The van der Waals surface area contributed by atoms with Gasteiger partial charge in [-0.25, -0.2) is 9.67 Å². The van der Waals surface area contributed by atoms with Crippen molar-refractivity contribution in [3.05, 3.63) is 88.7 Å². The van der Waals surface area contributed by atoms with Crippen LogP contribution in [0.1, 0.15) is 34.4 Å². The molecule has 1 saturated heterocycles. The highest BCUT2D eigenvalue weighted by molar-refractivity contribution is 7.15. The minimum atomic E-state index is 0.344. The Hall–Kier alpha value is -3.45. The van der Waals surface area contributed by atoms with Crippen molar-refractivity contribution in [3.8, 4) is 5.69 Å². The summed E-state index contributed by atoms with van der Waals surface area (Å²) in [4.78, 5) is 22.6. The second-order valence-corrected chi connectivity index (χ2v) is 10.2. The molecule has 34 heavy (non-hydrogen) atoms. The maximum Gasteiger partial charge on any atom is 0.185 e. The molecule has 2 aliphatic rings. The van der Waals surface area contributed by atoms with Gasteiger partial charge in [0.1, 0.15) is 0 Å². The van der Waals surface area contributed by atoms with Crippen molar-refractivity contribution in [2.75, 3.05) is 29.4 Å². The summed E-state index contributed by atoms with van der Waals surface area (Å²) in [7, 11) is 0. The van der Waals surface area contributed by atoms with E-state index in [4.69, 9.17) is 4.98 Å². The molecule has 2 aromatic carbocycles. The summed E-state index contributed by atoms with van der Waals surface area (Å²) < 4.78 is 1.87. The molecule has 0 unspecified atom stereocenters. The number of thiazole rings is 1. The van der Waals surface area contributed by atoms with Gasteiger partial charge in [-0.3, -0.25) is 4.79 Å². The van der Waals surface area contributed by atoms with Crippen LogP contribution >= 0.6 is 11.3 Å². The Morgan fingerprint density at radius 1 is 0.912 bits per heavy atom. The van der Waals surface area contributed by atoms with Crippen LogP contribution in [0.3, 0.4) is 0 Å². The molecule has 0 aliphatic carbocycles. The van der Waals surface area contributed by atoms with Gasteiger partial charge in [0.05, 0.1) is 12.2 Å². The number of anilines is 2. The van der Waals surface area contributed by atoms with Crippen molar-refractivity contribution in [2.24, 2.45) is 0 Å². The molecule has 0 N–H and O–H groups in total. The average Bonchev–Trinajstić information content (AvgIpc) is 3.57. The number of ketones is 1. The molecule has 2 aromatic heterocycles. The number of nitrogens with zero attached hydrogens (tertiary/aromatic N) is 5. The molecule has 0 amide bonds. The number of benzene rings is 2. The van der Waals surface area contributed by atoms with Crippen molar-refractivity contribution in [1.29, 1.82) is 0 Å². The third-order valence-corrected chi connectivity index (χ3v) is 7.77. The molecule has 0 spiro atoms. The van der Waals surface area contributed by atoms with Crippen molar-refractivity contribution in [1.82, 2.24) is 14.8 Å². The maximum absolute atomic E-state index is 11.9. The lowest BCUT2D eigenvalue weighted by molar-refractivity contribution is -0.118. The first-order valence-corrected chi connectivity index (χ1v) is 12.7. The molecule has 172 valence electrons. The highest BCUT2D eigenvalue weighted by Gasteiger charge is 2.22. The number of Topliss-reactive ketones (excluding diaryl/α,β-unsaturated/α-hetero) is 1. The third-order valence-electron chi connectivity index (χ3n) is 6.71. The van der Waals surface area contributed by atoms with Crippen LogP contribution in [-0.4, -0.2) is 40.2 Å². The molecule has 0 saturated carbocycles. The van der Waals surface area contributed by atoms with Gasteiger partial charge in [0, 0.05) is 61.6 Å². The zero-order valence-electron chi connectivity index (χ0n) is 19.1. The molecular formula is C27H27N5OS. The molecule has 1 fully saturated rings. The Morgan fingerprint density at radius 3 is 2.62 bits per heavy atom. The minimum Gasteiger partial charge on any atom is -0.364 e. The summed E-state index contributed by atoms with van der Waals surface area (Å²) in [5, 5.41) is 5.38. The minimum absolute atomic E-state index is 0.344. The number of carbonyl (C=O) groups excluding carboxylic acids is 1. The summed E-state index contributed by atoms with van der Waals surface area (Å²) in [6.07, 6.45) is 9.35. The van der Waals surface area contributed by atoms with Crippen LogP contribution in [0.25, 0.3) is 5.69 Å². The molecule has 6 nitrogen and oxygen atoms in total. The van der Waals surface area contributed by atoms with Crippen LogP contribution in [0.4, 0.5) is 10.8 Å². The van der Waals surface area contributed by atoms with Crippen LogP contribution in [0, 0.1) is 0 Å². The Kier molecular flexibility index (Phi) is 5.63. The first-order valence-electron chi connectivity index (χ1n) is 11.9. The number of piperidine rings is 1. The smallest absolute Gasteiger partial charge is 0.185 e. The summed E-state index contributed by atoms with van der Waals surface area (Å²) in [6.45, 7) is 3.37. The van der Waals surface area contributed by atoms with Crippen molar-refractivity contribution in [2.45, 2.75) is 32.2 Å². The van der Waals surface area contributed by atoms with Gasteiger partial charge in [0.15, 0.2) is 10.9 Å². The molecule has 4 aromatic rings. The van der Waals surface area contributed by atoms with E-state index in [1.54, 1.807) is 17.5 Å². The molecule has 0 atom stereocenters. The number of rotatable bonds is 5. The van der Waals surface area contributed by atoms with E-state index < -0.39 is 0 Å². The molecule has 4 heterocycles. The quantitative estimate of drug-likeness (QED) is 0.426. The van der Waals surface area contributed by atoms with Crippen LogP contribution in [0.5, 0.6) is 0 Å². The largest absolute Gasteiger partial charge is 0.364 e. The van der Waals surface area contributed by atoms with Crippen LogP contribution < -0.4 is 9.80 Å². The first-order chi connectivity index (χ1) is 16.7. The molecular weight excluding hydrogens is 442 g/mol. The van der Waals surface area contributed by atoms with Gasteiger partial charge in [-0.2, -0.15) is 5.10 Å². The van der Waals surface area contributed by atoms with Gasteiger partial charge in [-0.15, -0.1) is 11.3 Å². The summed E-state index contributed by atoms with van der Waals surface area (Å²) in [5.41, 5.74) is 6.28. The fourth-order valence-electron chi connectivity index (χ4n) is 4.88.